The first-order valence-corrected chi connectivity index (χ1v) is 8.13. The molecule has 0 rings (SSSR count). The Balaban J connectivity index is -0.000000372. The van der Waals surface area contributed by atoms with Crippen LogP contribution in [0, 0.1) is 11.8 Å². The average molecular weight is 389 g/mol. The first-order chi connectivity index (χ1) is 10.9. The monoisotopic (exact) mass is 388 g/mol. The van der Waals surface area contributed by atoms with Gasteiger partial charge in [-0.25, -0.2) is 0 Å². The summed E-state index contributed by atoms with van der Waals surface area (Å²) in [5, 5.41) is 38.5. The van der Waals surface area contributed by atoms with Crippen LogP contribution in [0.1, 0.15) is 53.4 Å². The predicted molar refractivity (Wildman–Crippen MR) is 91.9 cm³/mol. The molecule has 0 saturated heterocycles. The zero-order chi connectivity index (χ0) is 19.4. The smallest absolute Gasteiger partial charge is 0.550 e. The van der Waals surface area contributed by atoms with Gasteiger partial charge in [-0.1, -0.05) is 27.7 Å². The van der Waals surface area contributed by atoms with Crippen LogP contribution in [0.2, 0.25) is 0 Å². The normalized spacial score (nSPS) is 15.4. The molecule has 0 bridgehead atoms. The number of carbonyl (C=O) groups is 2. The second-order valence-corrected chi connectivity index (χ2v) is 6.87. The van der Waals surface area contributed by atoms with Crippen molar-refractivity contribution in [3.8, 4) is 0 Å². The van der Waals surface area contributed by atoms with Gasteiger partial charge in [0, 0.05) is 36.9 Å². The summed E-state index contributed by atoms with van der Waals surface area (Å²) < 4.78 is 0. The maximum Gasteiger partial charge on any atom is 2.00 e. The van der Waals surface area contributed by atoms with E-state index in [0.29, 0.717) is 24.7 Å². The van der Waals surface area contributed by atoms with Crippen molar-refractivity contribution in [2.45, 2.75) is 77.7 Å². The minimum absolute atomic E-state index is 0. The molecule has 0 aromatic heterocycles. The predicted octanol–water partition coefficient (Wildman–Crippen LogP) is -2.66. The van der Waals surface area contributed by atoms with Crippen LogP contribution in [-0.4, -0.2) is 84.2 Å². The van der Waals surface area contributed by atoms with Crippen molar-refractivity contribution in [3.05, 3.63) is 0 Å². The van der Waals surface area contributed by atoms with Crippen molar-refractivity contribution in [3.63, 3.8) is 0 Å². The molecular formula is C16H32CaN2O6. The van der Waals surface area contributed by atoms with Crippen molar-refractivity contribution >= 4 is 49.7 Å². The third-order valence-electron chi connectivity index (χ3n) is 3.23. The Morgan fingerprint density at radius 3 is 1.20 bits per heavy atom. The summed E-state index contributed by atoms with van der Waals surface area (Å²) in [5.41, 5.74) is 11.1. The first kappa shape index (κ1) is 29.8. The van der Waals surface area contributed by atoms with E-state index in [1.54, 1.807) is 0 Å². The van der Waals surface area contributed by atoms with E-state index in [2.05, 4.69) is 0 Å². The minimum atomic E-state index is -1.26. The standard InChI is InChI=1S/2C8H17NO3.Ca/c2*1-5(2)3-6(9)7(10)4-8(11)12;/h2*5-7,10H,3-4,9H2,1-2H3,(H,11,12);/q;;+2/p-2/t2*6-,7-;/m00./s1. The van der Waals surface area contributed by atoms with Gasteiger partial charge in [-0.15, -0.1) is 0 Å². The van der Waals surface area contributed by atoms with Crippen LogP contribution in [0.4, 0.5) is 0 Å². The largest absolute Gasteiger partial charge is 2.00 e. The van der Waals surface area contributed by atoms with Crippen molar-refractivity contribution in [1.29, 1.82) is 0 Å². The number of aliphatic hydroxyl groups excluding tert-OH is 2. The Kier molecular flexibility index (Phi) is 19.3. The number of carboxylic acid groups (broad SMARTS) is 2. The SMILES string of the molecule is CC(C)C[C@H](N)[C@@H](O)CC(=O)[O-].CC(C)C[C@H](N)[C@@H](O)CC(=O)[O-].[Ca+2]. The molecule has 9 heteroatoms. The molecule has 25 heavy (non-hydrogen) atoms. The summed E-state index contributed by atoms with van der Waals surface area (Å²) >= 11 is 0. The van der Waals surface area contributed by atoms with Crippen LogP contribution >= 0.6 is 0 Å². The Labute approximate surface area is 180 Å². The van der Waals surface area contributed by atoms with Gasteiger partial charge in [0.25, 0.3) is 0 Å². The molecule has 0 fully saturated rings. The van der Waals surface area contributed by atoms with Gasteiger partial charge in [0.05, 0.1) is 12.2 Å². The number of carboxylic acids is 2. The summed E-state index contributed by atoms with van der Waals surface area (Å²) in [6.45, 7) is 7.86. The second-order valence-electron chi connectivity index (χ2n) is 6.87. The van der Waals surface area contributed by atoms with Crippen LogP contribution in [0.15, 0.2) is 0 Å². The van der Waals surface area contributed by atoms with Crippen LogP contribution < -0.4 is 21.7 Å². The molecule has 0 aliphatic carbocycles. The maximum absolute atomic E-state index is 10.1. The molecule has 144 valence electrons. The fourth-order valence-corrected chi connectivity index (χ4v) is 2.05. The fraction of sp³-hybridized carbons (Fsp3) is 0.875. The van der Waals surface area contributed by atoms with Gasteiger partial charge in [-0.05, 0) is 24.7 Å². The summed E-state index contributed by atoms with van der Waals surface area (Å²) in [6, 6.07) is -0.939. The van der Waals surface area contributed by atoms with E-state index in [0.717, 1.165) is 0 Å². The Hall–Kier alpha value is 0.0397. The molecule has 0 aromatic rings. The molecule has 0 unspecified atom stereocenters. The third-order valence-corrected chi connectivity index (χ3v) is 3.23. The molecule has 0 spiro atoms. The van der Waals surface area contributed by atoms with Gasteiger partial charge in [0.2, 0.25) is 0 Å². The van der Waals surface area contributed by atoms with E-state index in [9.17, 15) is 30.0 Å². The summed E-state index contributed by atoms with van der Waals surface area (Å²) in [4.78, 5) is 20.1. The number of aliphatic carboxylic acids is 2. The molecule has 0 aliphatic rings. The molecule has 0 amide bonds. The van der Waals surface area contributed by atoms with Gasteiger partial charge in [0.15, 0.2) is 0 Å². The van der Waals surface area contributed by atoms with Gasteiger partial charge >= 0.3 is 37.7 Å². The van der Waals surface area contributed by atoms with E-state index in [1.165, 1.54) is 0 Å². The molecule has 0 radical (unpaired) electrons. The number of carbonyl (C=O) groups excluding carboxylic acids is 2. The summed E-state index contributed by atoms with van der Waals surface area (Å²) in [6.07, 6.45) is -1.50. The average Bonchev–Trinajstić information content (AvgIpc) is 2.36. The van der Waals surface area contributed by atoms with Gasteiger partial charge < -0.3 is 41.5 Å². The van der Waals surface area contributed by atoms with E-state index >= 15 is 0 Å². The molecule has 0 heterocycles. The van der Waals surface area contributed by atoms with E-state index in [4.69, 9.17) is 11.5 Å². The zero-order valence-corrected chi connectivity index (χ0v) is 17.9. The summed E-state index contributed by atoms with van der Waals surface area (Å²) in [7, 11) is 0. The van der Waals surface area contributed by atoms with E-state index in [1.807, 2.05) is 27.7 Å². The van der Waals surface area contributed by atoms with Crippen molar-refractivity contribution in [2.24, 2.45) is 23.3 Å². The second kappa shape index (κ2) is 16.2. The minimum Gasteiger partial charge on any atom is -0.550 e. The molecule has 6 N–H and O–H groups in total. The van der Waals surface area contributed by atoms with E-state index < -0.39 is 36.2 Å². The number of hydrogen-bond acceptors (Lipinski definition) is 8. The fourth-order valence-electron chi connectivity index (χ4n) is 2.05. The first-order valence-electron chi connectivity index (χ1n) is 8.13. The topological polar surface area (TPSA) is 173 Å². The molecule has 4 atom stereocenters. The number of nitrogens with two attached hydrogens (primary N) is 2. The molecule has 0 aromatic carbocycles. The van der Waals surface area contributed by atoms with Crippen LogP contribution in [0.5, 0.6) is 0 Å². The van der Waals surface area contributed by atoms with Crippen molar-refractivity contribution < 1.29 is 30.0 Å². The summed E-state index contributed by atoms with van der Waals surface area (Å²) in [5.74, 6) is -1.81. The number of aliphatic hydroxyl groups is 2. The number of rotatable bonds is 10. The van der Waals surface area contributed by atoms with Crippen molar-refractivity contribution in [2.75, 3.05) is 0 Å². The Bertz CT molecular complexity index is 335. The molecular weight excluding hydrogens is 356 g/mol. The molecule has 0 saturated carbocycles. The van der Waals surface area contributed by atoms with Gasteiger partial charge in [0.1, 0.15) is 0 Å². The molecule has 8 nitrogen and oxygen atoms in total. The Morgan fingerprint density at radius 2 is 1.04 bits per heavy atom. The Morgan fingerprint density at radius 1 is 0.800 bits per heavy atom. The maximum atomic E-state index is 10.1. The van der Waals surface area contributed by atoms with Crippen LogP contribution in [-0.2, 0) is 9.59 Å². The molecule has 0 aliphatic heterocycles. The van der Waals surface area contributed by atoms with Gasteiger partial charge in [-0.3, -0.25) is 0 Å². The third kappa shape index (κ3) is 20.2. The van der Waals surface area contributed by atoms with Crippen LogP contribution in [0.3, 0.4) is 0 Å². The van der Waals surface area contributed by atoms with Gasteiger partial charge in [-0.2, -0.15) is 0 Å². The quantitative estimate of drug-likeness (QED) is 0.293. The van der Waals surface area contributed by atoms with E-state index in [-0.39, 0.29) is 50.6 Å². The van der Waals surface area contributed by atoms with Crippen LogP contribution in [0.25, 0.3) is 0 Å². The number of hydrogen-bond donors (Lipinski definition) is 4. The van der Waals surface area contributed by atoms with Crippen molar-refractivity contribution in [1.82, 2.24) is 0 Å². The zero-order valence-electron chi connectivity index (χ0n) is 15.7.